The molecule has 1 aliphatic heterocycles. The first-order chi connectivity index (χ1) is 10.2. The molecule has 2 fully saturated rings. The van der Waals surface area contributed by atoms with E-state index in [0.717, 1.165) is 25.0 Å². The summed E-state index contributed by atoms with van der Waals surface area (Å²) in [4.78, 5) is 8.36. The van der Waals surface area contributed by atoms with Crippen molar-refractivity contribution in [3.05, 3.63) is 20.8 Å². The summed E-state index contributed by atoms with van der Waals surface area (Å²) in [5.74, 6) is 0.938. The summed E-state index contributed by atoms with van der Waals surface area (Å²) < 4.78 is 1.20. The fraction of sp³-hybridized carbons (Fsp3) is 0.667. The number of likely N-dealkylation sites (tertiary alicyclic amines) is 1. The Balaban J connectivity index is 1.39. The van der Waals surface area contributed by atoms with Gasteiger partial charge in [0.05, 0.1) is 3.79 Å². The number of hydrogen-bond donors (Lipinski definition) is 2. The largest absolute Gasteiger partial charge is 0.356 e. The third-order valence-corrected chi connectivity index (χ3v) is 5.82. The second kappa shape index (κ2) is 7.11. The van der Waals surface area contributed by atoms with E-state index in [1.165, 1.54) is 41.0 Å². The topological polar surface area (TPSA) is 39.7 Å². The van der Waals surface area contributed by atoms with Gasteiger partial charge in [-0.2, -0.15) is 0 Å². The molecule has 6 heteroatoms. The molecule has 1 saturated carbocycles. The lowest BCUT2D eigenvalue weighted by atomic mass is 10.3. The quantitative estimate of drug-likeness (QED) is 0.617. The molecule has 1 atom stereocenters. The maximum atomic E-state index is 4.34. The minimum absolute atomic E-state index is 0.549. The van der Waals surface area contributed by atoms with Crippen LogP contribution in [0.2, 0.25) is 0 Å². The fourth-order valence-electron chi connectivity index (χ4n) is 2.85. The average Bonchev–Trinajstić information content (AvgIpc) is 3.09. The van der Waals surface area contributed by atoms with Crippen LogP contribution in [0.25, 0.3) is 0 Å². The molecule has 2 aliphatic rings. The number of rotatable bonds is 5. The molecule has 2 heterocycles. The van der Waals surface area contributed by atoms with Gasteiger partial charge in [-0.1, -0.05) is 0 Å². The molecule has 0 spiro atoms. The Hall–Kier alpha value is -0.590. The van der Waals surface area contributed by atoms with Crippen molar-refractivity contribution in [2.45, 2.75) is 37.8 Å². The number of thiophene rings is 1. The Bertz CT molecular complexity index is 498. The van der Waals surface area contributed by atoms with Crippen LogP contribution in [0.1, 0.15) is 24.1 Å². The molecule has 4 nitrogen and oxygen atoms in total. The number of hydrogen-bond acceptors (Lipinski definition) is 3. The van der Waals surface area contributed by atoms with E-state index in [4.69, 9.17) is 0 Å². The first kappa shape index (κ1) is 15.3. The smallest absolute Gasteiger partial charge is 0.191 e. The third-order valence-electron chi connectivity index (χ3n) is 4.14. The Morgan fingerprint density at radius 1 is 1.43 bits per heavy atom. The molecule has 1 unspecified atom stereocenters. The first-order valence-corrected chi connectivity index (χ1v) is 9.31. The Labute approximate surface area is 139 Å². The van der Waals surface area contributed by atoms with E-state index < -0.39 is 0 Å². The summed E-state index contributed by atoms with van der Waals surface area (Å²) >= 11 is 5.30. The maximum Gasteiger partial charge on any atom is 0.191 e. The molecule has 0 radical (unpaired) electrons. The van der Waals surface area contributed by atoms with Crippen LogP contribution in [0.15, 0.2) is 20.9 Å². The minimum Gasteiger partial charge on any atom is -0.356 e. The van der Waals surface area contributed by atoms with E-state index in [9.17, 15) is 0 Å². The van der Waals surface area contributed by atoms with E-state index >= 15 is 0 Å². The van der Waals surface area contributed by atoms with Crippen LogP contribution in [0.4, 0.5) is 0 Å². The number of guanidine groups is 1. The van der Waals surface area contributed by atoms with Crippen molar-refractivity contribution in [1.82, 2.24) is 15.5 Å². The van der Waals surface area contributed by atoms with E-state index in [1.807, 2.05) is 7.05 Å². The molecular formula is C15H23BrN4S. The molecule has 0 aromatic carbocycles. The lowest BCUT2D eigenvalue weighted by Crippen LogP contribution is -2.45. The van der Waals surface area contributed by atoms with Gasteiger partial charge in [0.15, 0.2) is 5.96 Å². The number of aliphatic imine (C=N–C) groups is 1. The molecule has 1 aromatic rings. The van der Waals surface area contributed by atoms with Crippen molar-refractivity contribution >= 4 is 33.2 Å². The highest BCUT2D eigenvalue weighted by Gasteiger charge is 2.34. The molecule has 0 amide bonds. The minimum atomic E-state index is 0.549. The van der Waals surface area contributed by atoms with Crippen molar-refractivity contribution in [3.63, 3.8) is 0 Å². The highest BCUT2D eigenvalue weighted by molar-refractivity contribution is 9.11. The van der Waals surface area contributed by atoms with Crippen LogP contribution in [0.3, 0.4) is 0 Å². The normalized spacial score (nSPS) is 23.5. The van der Waals surface area contributed by atoms with Crippen LogP contribution < -0.4 is 10.6 Å². The van der Waals surface area contributed by atoms with Crippen LogP contribution in [0.5, 0.6) is 0 Å². The second-order valence-electron chi connectivity index (χ2n) is 5.81. The predicted molar refractivity (Wildman–Crippen MR) is 93.2 cm³/mol. The molecule has 116 valence electrons. The van der Waals surface area contributed by atoms with Crippen molar-refractivity contribution in [1.29, 1.82) is 0 Å². The molecule has 1 aliphatic carbocycles. The number of halogens is 1. The lowest BCUT2D eigenvalue weighted by molar-refractivity contribution is 0.321. The molecule has 0 bridgehead atoms. The van der Waals surface area contributed by atoms with Gasteiger partial charge in [0.2, 0.25) is 0 Å². The molecular weight excluding hydrogens is 348 g/mol. The zero-order chi connectivity index (χ0) is 14.7. The molecule has 1 saturated heterocycles. The van der Waals surface area contributed by atoms with Gasteiger partial charge in [-0.3, -0.25) is 9.89 Å². The first-order valence-electron chi connectivity index (χ1n) is 7.70. The lowest BCUT2D eigenvalue weighted by Gasteiger charge is -2.18. The van der Waals surface area contributed by atoms with Crippen LogP contribution in [-0.4, -0.2) is 49.6 Å². The van der Waals surface area contributed by atoms with Gasteiger partial charge in [0.25, 0.3) is 0 Å². The monoisotopic (exact) mass is 370 g/mol. The predicted octanol–water partition coefficient (Wildman–Crippen LogP) is 2.45. The van der Waals surface area contributed by atoms with Crippen LogP contribution in [0, 0.1) is 0 Å². The fourth-order valence-corrected chi connectivity index (χ4v) is 4.34. The maximum absolute atomic E-state index is 4.34. The third kappa shape index (κ3) is 4.44. The second-order valence-corrected chi connectivity index (χ2v) is 8.36. The van der Waals surface area contributed by atoms with Crippen molar-refractivity contribution in [2.75, 3.05) is 26.7 Å². The summed E-state index contributed by atoms with van der Waals surface area (Å²) in [5, 5.41) is 6.99. The van der Waals surface area contributed by atoms with Gasteiger partial charge in [0, 0.05) is 43.6 Å². The standard InChI is InChI=1S/C15H23BrN4S/c1-17-15(18-8-6-13-4-5-14(16)21-13)19-11-7-9-20(10-11)12-2-3-12/h4-5,11-12H,2-3,6-10H2,1H3,(H2,17,18,19). The summed E-state index contributed by atoms with van der Waals surface area (Å²) in [7, 11) is 1.85. The van der Waals surface area contributed by atoms with Gasteiger partial charge in [-0.25, -0.2) is 0 Å². The van der Waals surface area contributed by atoms with Gasteiger partial charge < -0.3 is 10.6 Å². The Morgan fingerprint density at radius 3 is 2.95 bits per heavy atom. The van der Waals surface area contributed by atoms with Gasteiger partial charge in [-0.15, -0.1) is 11.3 Å². The van der Waals surface area contributed by atoms with Gasteiger partial charge in [0.1, 0.15) is 0 Å². The molecule has 2 N–H and O–H groups in total. The Kier molecular flexibility index (Phi) is 5.19. The van der Waals surface area contributed by atoms with Gasteiger partial charge in [-0.05, 0) is 53.7 Å². The summed E-state index contributed by atoms with van der Waals surface area (Å²) in [6, 6.07) is 5.71. The van der Waals surface area contributed by atoms with Crippen molar-refractivity contribution < 1.29 is 0 Å². The van der Waals surface area contributed by atoms with Gasteiger partial charge >= 0.3 is 0 Å². The van der Waals surface area contributed by atoms with Crippen molar-refractivity contribution in [3.8, 4) is 0 Å². The molecule has 1 aromatic heterocycles. The SMILES string of the molecule is CN=C(NCCc1ccc(Br)s1)NC1CCN(C2CC2)C1. The van der Waals surface area contributed by atoms with Crippen LogP contribution >= 0.6 is 27.3 Å². The Morgan fingerprint density at radius 2 is 2.29 bits per heavy atom. The van der Waals surface area contributed by atoms with E-state index in [0.29, 0.717) is 6.04 Å². The molecule has 3 rings (SSSR count). The number of nitrogens with zero attached hydrogens (tertiary/aromatic N) is 2. The number of nitrogens with one attached hydrogen (secondary N) is 2. The highest BCUT2D eigenvalue weighted by atomic mass is 79.9. The average molecular weight is 371 g/mol. The highest BCUT2D eigenvalue weighted by Crippen LogP contribution is 2.29. The van der Waals surface area contributed by atoms with E-state index in [1.54, 1.807) is 11.3 Å². The zero-order valence-corrected chi connectivity index (χ0v) is 14.8. The molecule has 21 heavy (non-hydrogen) atoms. The summed E-state index contributed by atoms with van der Waals surface area (Å²) in [6.45, 7) is 3.33. The summed E-state index contributed by atoms with van der Waals surface area (Å²) in [6.07, 6.45) is 5.07. The van der Waals surface area contributed by atoms with Crippen LogP contribution in [-0.2, 0) is 6.42 Å². The summed E-state index contributed by atoms with van der Waals surface area (Å²) in [5.41, 5.74) is 0. The van der Waals surface area contributed by atoms with Crippen molar-refractivity contribution in [2.24, 2.45) is 4.99 Å². The van der Waals surface area contributed by atoms with E-state index in [2.05, 4.69) is 48.6 Å². The zero-order valence-electron chi connectivity index (χ0n) is 12.4. The van der Waals surface area contributed by atoms with E-state index in [-0.39, 0.29) is 0 Å².